The maximum atomic E-state index is 13.1. The van der Waals surface area contributed by atoms with Crippen molar-refractivity contribution in [1.82, 2.24) is 0 Å². The van der Waals surface area contributed by atoms with Gasteiger partial charge < -0.3 is 4.74 Å². The van der Waals surface area contributed by atoms with E-state index in [0.717, 1.165) is 16.3 Å². The minimum Gasteiger partial charge on any atom is -0.496 e. The van der Waals surface area contributed by atoms with Gasteiger partial charge in [-0.2, -0.15) is 5.10 Å². The Bertz CT molecular complexity index is 1230. The Morgan fingerprint density at radius 1 is 0.767 bits per heavy atom. The van der Waals surface area contributed by atoms with Gasteiger partial charge in [0.25, 0.3) is 0 Å². The topological polar surface area (TPSA) is 51.0 Å². The van der Waals surface area contributed by atoms with E-state index < -0.39 is 0 Å². The molecule has 4 aromatic rings. The predicted octanol–water partition coefficient (Wildman–Crippen LogP) is 5.55. The minimum atomic E-state index is -0.177. The number of carbonyl (C=O) groups is 1. The molecular formula is C26H20N2O2. The first-order valence-corrected chi connectivity index (χ1v) is 9.60. The molecule has 0 bridgehead atoms. The quantitative estimate of drug-likeness (QED) is 0.245. The lowest BCUT2D eigenvalue weighted by molar-refractivity contribution is 0.106. The highest BCUT2D eigenvalue weighted by Gasteiger charge is 2.16. The van der Waals surface area contributed by atoms with Crippen LogP contribution in [0.1, 0.15) is 21.5 Å². The largest absolute Gasteiger partial charge is 0.496 e. The molecule has 0 heterocycles. The van der Waals surface area contributed by atoms with Crippen LogP contribution in [0.4, 0.5) is 0 Å². The van der Waals surface area contributed by atoms with E-state index in [-0.39, 0.29) is 11.5 Å². The first-order chi connectivity index (χ1) is 14.8. The molecule has 0 atom stereocenters. The first-order valence-electron chi connectivity index (χ1n) is 9.60. The van der Waals surface area contributed by atoms with Crippen LogP contribution in [0.2, 0.25) is 0 Å². The summed E-state index contributed by atoms with van der Waals surface area (Å²) in [4.78, 5) is 13.1. The van der Waals surface area contributed by atoms with Crippen LogP contribution in [-0.2, 0) is 0 Å². The summed E-state index contributed by atoms with van der Waals surface area (Å²) in [7, 11) is 1.62. The zero-order chi connectivity index (χ0) is 20.8. The number of carbonyl (C=O) groups excluding carboxylic acids is 1. The summed E-state index contributed by atoms with van der Waals surface area (Å²) in [5.74, 6) is 0.520. The Kier molecular flexibility index (Phi) is 5.76. The maximum absolute atomic E-state index is 13.1. The lowest BCUT2D eigenvalue weighted by atomic mass is 10.0. The molecule has 0 aliphatic heterocycles. The molecule has 4 rings (SSSR count). The van der Waals surface area contributed by atoms with Crippen LogP contribution in [-0.4, -0.2) is 24.8 Å². The van der Waals surface area contributed by atoms with Crippen molar-refractivity contribution in [2.75, 3.05) is 7.11 Å². The number of rotatable bonds is 6. The molecule has 4 heteroatoms. The molecule has 0 unspecified atom stereocenters. The smallest absolute Gasteiger partial charge is 0.213 e. The molecule has 0 aliphatic rings. The summed E-state index contributed by atoms with van der Waals surface area (Å²) >= 11 is 0. The van der Waals surface area contributed by atoms with Gasteiger partial charge in [-0.05, 0) is 16.8 Å². The van der Waals surface area contributed by atoms with Crippen LogP contribution < -0.4 is 4.74 Å². The highest BCUT2D eigenvalue weighted by atomic mass is 16.5. The highest BCUT2D eigenvalue weighted by Crippen LogP contribution is 2.26. The van der Waals surface area contributed by atoms with Crippen molar-refractivity contribution < 1.29 is 9.53 Å². The molecule has 30 heavy (non-hydrogen) atoms. The number of hydrogen-bond acceptors (Lipinski definition) is 4. The van der Waals surface area contributed by atoms with Crippen molar-refractivity contribution in [2.45, 2.75) is 0 Å². The molecule has 4 nitrogen and oxygen atoms in total. The molecule has 0 radical (unpaired) electrons. The highest BCUT2D eigenvalue weighted by molar-refractivity contribution is 6.51. The van der Waals surface area contributed by atoms with Gasteiger partial charge in [-0.15, -0.1) is 5.10 Å². The lowest BCUT2D eigenvalue weighted by Crippen LogP contribution is -2.15. The molecule has 0 amide bonds. The van der Waals surface area contributed by atoms with E-state index in [1.54, 1.807) is 25.5 Å². The summed E-state index contributed by atoms with van der Waals surface area (Å²) in [5.41, 5.74) is 2.39. The average molecular weight is 392 g/mol. The number of ether oxygens (including phenoxy) is 1. The molecule has 0 spiro atoms. The molecular weight excluding hydrogens is 372 g/mol. The van der Waals surface area contributed by atoms with Gasteiger partial charge in [-0.1, -0.05) is 91.0 Å². The van der Waals surface area contributed by atoms with Gasteiger partial charge in [0, 0.05) is 16.7 Å². The van der Waals surface area contributed by atoms with Gasteiger partial charge in [-0.25, -0.2) is 0 Å². The lowest BCUT2D eigenvalue weighted by Gasteiger charge is -2.08. The van der Waals surface area contributed by atoms with E-state index in [1.807, 2.05) is 84.9 Å². The summed E-state index contributed by atoms with van der Waals surface area (Å²) in [6.45, 7) is 0. The Balaban J connectivity index is 1.78. The van der Waals surface area contributed by atoms with Gasteiger partial charge >= 0.3 is 0 Å². The standard InChI is InChI=1S/C26H20N2O2/c1-30-24-17-16-19-10-8-9-15-22(19)23(24)18-27-28-25(20-11-4-2-5-12-20)26(29)21-13-6-3-7-14-21/h2-18H,1H3/b27-18-,28-25-. The fraction of sp³-hybridized carbons (Fsp3) is 0.0385. The Labute approximate surface area is 175 Å². The van der Waals surface area contributed by atoms with Gasteiger partial charge in [0.15, 0.2) is 0 Å². The Morgan fingerprint density at radius 2 is 1.40 bits per heavy atom. The first kappa shape index (κ1) is 19.3. The summed E-state index contributed by atoms with van der Waals surface area (Å²) in [6.07, 6.45) is 1.64. The molecule has 4 aromatic carbocycles. The van der Waals surface area contributed by atoms with E-state index in [1.165, 1.54) is 0 Å². The van der Waals surface area contributed by atoms with Gasteiger partial charge in [0.05, 0.1) is 13.3 Å². The number of fused-ring (bicyclic) bond motifs is 1. The maximum Gasteiger partial charge on any atom is 0.213 e. The van der Waals surface area contributed by atoms with Crippen LogP contribution in [0.15, 0.2) is 107 Å². The second kappa shape index (κ2) is 8.97. The van der Waals surface area contributed by atoms with Crippen LogP contribution >= 0.6 is 0 Å². The number of nitrogens with zero attached hydrogens (tertiary/aromatic N) is 2. The van der Waals surface area contributed by atoms with Gasteiger partial charge in [-0.3, -0.25) is 4.79 Å². The number of hydrogen-bond donors (Lipinski definition) is 0. The zero-order valence-electron chi connectivity index (χ0n) is 16.5. The normalized spacial score (nSPS) is 11.7. The van der Waals surface area contributed by atoms with E-state index >= 15 is 0 Å². The van der Waals surface area contributed by atoms with Crippen LogP contribution in [0, 0.1) is 0 Å². The molecule has 0 saturated heterocycles. The van der Waals surface area contributed by atoms with Gasteiger partial charge in [0.1, 0.15) is 11.5 Å². The Morgan fingerprint density at radius 3 is 2.10 bits per heavy atom. The van der Waals surface area contributed by atoms with E-state index in [0.29, 0.717) is 16.9 Å². The number of benzene rings is 4. The minimum absolute atomic E-state index is 0.177. The summed E-state index contributed by atoms with van der Waals surface area (Å²) in [6, 6.07) is 30.4. The average Bonchev–Trinajstić information content (AvgIpc) is 2.82. The molecule has 0 fully saturated rings. The van der Waals surface area contributed by atoms with E-state index in [4.69, 9.17) is 4.74 Å². The SMILES string of the molecule is COc1ccc2ccccc2c1/C=N\N=C(/C(=O)c1ccccc1)c1ccccc1. The van der Waals surface area contributed by atoms with Crippen LogP contribution in [0.3, 0.4) is 0 Å². The second-order valence-corrected chi connectivity index (χ2v) is 6.66. The predicted molar refractivity (Wildman–Crippen MR) is 122 cm³/mol. The van der Waals surface area contributed by atoms with Crippen LogP contribution in [0.5, 0.6) is 5.75 Å². The molecule has 0 aromatic heterocycles. The van der Waals surface area contributed by atoms with E-state index in [2.05, 4.69) is 10.2 Å². The van der Waals surface area contributed by atoms with E-state index in [9.17, 15) is 4.79 Å². The molecule has 0 saturated carbocycles. The molecule has 0 N–H and O–H groups in total. The Hall–Kier alpha value is -4.05. The third-order valence-corrected chi connectivity index (χ3v) is 4.79. The zero-order valence-corrected chi connectivity index (χ0v) is 16.5. The fourth-order valence-electron chi connectivity index (χ4n) is 3.29. The molecule has 0 aliphatic carbocycles. The monoisotopic (exact) mass is 392 g/mol. The van der Waals surface area contributed by atoms with Crippen LogP contribution in [0.25, 0.3) is 10.8 Å². The van der Waals surface area contributed by atoms with Crippen molar-refractivity contribution in [3.63, 3.8) is 0 Å². The second-order valence-electron chi connectivity index (χ2n) is 6.66. The van der Waals surface area contributed by atoms with Crippen molar-refractivity contribution in [3.8, 4) is 5.75 Å². The van der Waals surface area contributed by atoms with Crippen molar-refractivity contribution >= 4 is 28.5 Å². The van der Waals surface area contributed by atoms with Crippen molar-refractivity contribution in [3.05, 3.63) is 114 Å². The number of methoxy groups -OCH3 is 1. The fourth-order valence-corrected chi connectivity index (χ4v) is 3.29. The van der Waals surface area contributed by atoms with Gasteiger partial charge in [0.2, 0.25) is 5.78 Å². The number of Topliss-reactive ketones (excluding diaryl/α,β-unsaturated/α-hetero) is 1. The molecule has 146 valence electrons. The number of ketones is 1. The third-order valence-electron chi connectivity index (χ3n) is 4.79. The summed E-state index contributed by atoms with van der Waals surface area (Å²) in [5, 5.41) is 10.7. The third kappa shape index (κ3) is 4.03. The summed E-state index contributed by atoms with van der Waals surface area (Å²) < 4.78 is 5.51. The van der Waals surface area contributed by atoms with Crippen molar-refractivity contribution in [1.29, 1.82) is 0 Å². The van der Waals surface area contributed by atoms with Crippen molar-refractivity contribution in [2.24, 2.45) is 10.2 Å².